The molecule has 8 nitrogen and oxygen atoms in total. The zero-order chi connectivity index (χ0) is 33.9. The minimum Gasteiger partial charge on any atom is -0.374 e. The monoisotopic (exact) mass is 768 g/mol. The first-order valence-electron chi connectivity index (χ1n) is 14.6. The number of non-ortho nitro benzene ring substituents is 1. The summed E-state index contributed by atoms with van der Waals surface area (Å²) in [6.45, 7) is 0.482. The van der Waals surface area contributed by atoms with E-state index in [1.54, 1.807) is 66.9 Å². The van der Waals surface area contributed by atoms with Crippen LogP contribution in [0.1, 0.15) is 28.4 Å². The van der Waals surface area contributed by atoms with Gasteiger partial charge < -0.3 is 23.9 Å². The summed E-state index contributed by atoms with van der Waals surface area (Å²) in [5, 5.41) is 15.1. The molecule has 0 amide bonds. The number of nitro groups is 1. The minimum absolute atomic E-state index is 0.0586. The zero-order valence-electron chi connectivity index (χ0n) is 24.8. The number of benzene rings is 4. The van der Waals surface area contributed by atoms with Crippen molar-refractivity contribution in [2.45, 2.75) is 44.2 Å². The molecule has 1 unspecified atom stereocenters. The fourth-order valence-electron chi connectivity index (χ4n) is 5.55. The van der Waals surface area contributed by atoms with Crippen molar-refractivity contribution >= 4 is 86.2 Å². The lowest BCUT2D eigenvalue weighted by Crippen LogP contribution is -2.37. The number of aromatic amines is 1. The van der Waals surface area contributed by atoms with Crippen LogP contribution >= 0.6 is 69.6 Å². The molecule has 48 heavy (non-hydrogen) atoms. The van der Waals surface area contributed by atoms with Gasteiger partial charge in [-0.05, 0) is 59.2 Å². The summed E-state index contributed by atoms with van der Waals surface area (Å²) < 4.78 is 25.9. The standard InChI is InChI=1S/C34H26Cl6N2O6/c35-21-4-1-18(27(38)9-21)14-45-17-31-33(46-15-19-2-5-22(36)10-28(19)39)34(47-16-20-3-6-23(37)11-29(20)40)32(48-31)26-13-41-30-8-7-24(42(43)44)12-25(26)30/h1-13,31-34,41H,14-17H2/t31-,32?,33-,34+/m1/s1. The zero-order valence-corrected chi connectivity index (χ0v) is 29.3. The van der Waals surface area contributed by atoms with Crippen LogP contribution in [-0.4, -0.2) is 34.8 Å². The van der Waals surface area contributed by atoms with Crippen molar-refractivity contribution in [3.05, 3.63) is 141 Å². The highest BCUT2D eigenvalue weighted by atomic mass is 35.5. The van der Waals surface area contributed by atoms with E-state index in [0.717, 1.165) is 5.56 Å². The molecule has 4 atom stereocenters. The summed E-state index contributed by atoms with van der Waals surface area (Å²) in [5.74, 6) is 0. The number of fused-ring (bicyclic) bond motifs is 1. The average Bonchev–Trinajstić information content (AvgIpc) is 3.61. The van der Waals surface area contributed by atoms with Crippen molar-refractivity contribution < 1.29 is 23.9 Å². The predicted octanol–water partition coefficient (Wildman–Crippen LogP) is 10.8. The highest BCUT2D eigenvalue weighted by Crippen LogP contribution is 2.42. The number of nitro benzene ring substituents is 1. The molecule has 4 aromatic carbocycles. The van der Waals surface area contributed by atoms with Crippen molar-refractivity contribution in [3.63, 3.8) is 0 Å². The Hall–Kier alpha value is -2.60. The molecule has 1 aromatic heterocycles. The Balaban J connectivity index is 1.34. The predicted molar refractivity (Wildman–Crippen MR) is 189 cm³/mol. The Labute approximate surface area is 305 Å². The van der Waals surface area contributed by atoms with E-state index in [4.69, 9.17) is 88.6 Å². The van der Waals surface area contributed by atoms with Crippen LogP contribution in [0.3, 0.4) is 0 Å². The van der Waals surface area contributed by atoms with E-state index < -0.39 is 29.3 Å². The fraction of sp³-hybridized carbons (Fsp3) is 0.235. The molecule has 250 valence electrons. The number of H-pyrrole nitrogens is 1. The van der Waals surface area contributed by atoms with Gasteiger partial charge in [0.05, 0.1) is 31.4 Å². The van der Waals surface area contributed by atoms with Crippen LogP contribution in [0.25, 0.3) is 10.9 Å². The summed E-state index contributed by atoms with van der Waals surface area (Å²) in [7, 11) is 0. The van der Waals surface area contributed by atoms with Crippen LogP contribution in [0.4, 0.5) is 5.69 Å². The fourth-order valence-corrected chi connectivity index (χ4v) is 6.94. The summed E-state index contributed by atoms with van der Waals surface area (Å²) in [6.07, 6.45) is -1.05. The number of hydrogen-bond donors (Lipinski definition) is 1. The minimum atomic E-state index is -0.731. The van der Waals surface area contributed by atoms with Crippen LogP contribution in [0.2, 0.25) is 30.1 Å². The molecule has 6 rings (SSSR count). The molecule has 1 aliphatic heterocycles. The molecule has 2 heterocycles. The quantitative estimate of drug-likeness (QED) is 0.100. The van der Waals surface area contributed by atoms with Gasteiger partial charge in [-0.15, -0.1) is 0 Å². The summed E-state index contributed by atoms with van der Waals surface area (Å²) in [5.41, 5.74) is 3.44. The van der Waals surface area contributed by atoms with Crippen LogP contribution in [-0.2, 0) is 38.8 Å². The van der Waals surface area contributed by atoms with Gasteiger partial charge in [-0.3, -0.25) is 10.1 Å². The first-order valence-corrected chi connectivity index (χ1v) is 16.9. The van der Waals surface area contributed by atoms with Gasteiger partial charge in [-0.2, -0.15) is 0 Å². The normalized spacial score (nSPS) is 19.3. The molecule has 0 bridgehead atoms. The number of rotatable bonds is 12. The molecule has 1 N–H and O–H groups in total. The van der Waals surface area contributed by atoms with E-state index in [-0.39, 0.29) is 32.1 Å². The molecule has 1 aliphatic rings. The first-order chi connectivity index (χ1) is 23.1. The average molecular weight is 771 g/mol. The van der Waals surface area contributed by atoms with Gasteiger partial charge in [0.1, 0.15) is 24.4 Å². The maximum atomic E-state index is 11.7. The lowest BCUT2D eigenvalue weighted by atomic mass is 10.00. The summed E-state index contributed by atoms with van der Waals surface area (Å²) in [6, 6.07) is 20.1. The highest BCUT2D eigenvalue weighted by Gasteiger charge is 2.48. The smallest absolute Gasteiger partial charge is 0.270 e. The van der Waals surface area contributed by atoms with Crippen molar-refractivity contribution in [1.82, 2.24) is 4.98 Å². The summed E-state index contributed by atoms with van der Waals surface area (Å²) in [4.78, 5) is 14.4. The Morgan fingerprint density at radius 1 is 0.708 bits per heavy atom. The maximum Gasteiger partial charge on any atom is 0.270 e. The third kappa shape index (κ3) is 8.06. The number of hydrogen-bond acceptors (Lipinski definition) is 6. The maximum absolute atomic E-state index is 11.7. The van der Waals surface area contributed by atoms with Gasteiger partial charge in [0.15, 0.2) is 0 Å². The van der Waals surface area contributed by atoms with Gasteiger partial charge in [-0.25, -0.2) is 0 Å². The number of halogens is 6. The van der Waals surface area contributed by atoms with Crippen molar-refractivity contribution in [1.29, 1.82) is 0 Å². The van der Waals surface area contributed by atoms with E-state index in [1.165, 1.54) is 12.1 Å². The van der Waals surface area contributed by atoms with E-state index in [0.29, 0.717) is 57.7 Å². The van der Waals surface area contributed by atoms with Gasteiger partial charge in [0.25, 0.3) is 5.69 Å². The van der Waals surface area contributed by atoms with Crippen LogP contribution in [0.5, 0.6) is 0 Å². The number of ether oxygens (including phenoxy) is 4. The molecule has 14 heteroatoms. The third-order valence-corrected chi connectivity index (χ3v) is 9.73. The summed E-state index contributed by atoms with van der Waals surface area (Å²) >= 11 is 37.7. The first kappa shape index (κ1) is 35.2. The molecule has 0 saturated carbocycles. The molecule has 1 saturated heterocycles. The van der Waals surface area contributed by atoms with Gasteiger partial charge in [0.2, 0.25) is 0 Å². The highest BCUT2D eigenvalue weighted by molar-refractivity contribution is 6.36. The largest absolute Gasteiger partial charge is 0.374 e. The third-order valence-electron chi connectivity index (χ3n) is 7.97. The van der Waals surface area contributed by atoms with Crippen molar-refractivity contribution in [3.8, 4) is 0 Å². The van der Waals surface area contributed by atoms with Crippen LogP contribution < -0.4 is 0 Å². The SMILES string of the molecule is O=[N+]([O-])c1ccc2[nH]cc(C3O[C@H](COCc4ccc(Cl)cc4Cl)[C@@H](OCc4ccc(Cl)cc4Cl)[C@H]3OCc3ccc(Cl)cc3Cl)c2c1. The van der Waals surface area contributed by atoms with E-state index in [9.17, 15) is 10.1 Å². The number of nitrogens with zero attached hydrogens (tertiary/aromatic N) is 1. The van der Waals surface area contributed by atoms with Crippen molar-refractivity contribution in [2.75, 3.05) is 6.61 Å². The number of aromatic nitrogens is 1. The van der Waals surface area contributed by atoms with Crippen molar-refractivity contribution in [2.24, 2.45) is 0 Å². The van der Waals surface area contributed by atoms with E-state index in [2.05, 4.69) is 4.98 Å². The van der Waals surface area contributed by atoms with Crippen LogP contribution in [0, 0.1) is 10.1 Å². The molecular formula is C34H26Cl6N2O6. The van der Waals surface area contributed by atoms with Gasteiger partial charge >= 0.3 is 0 Å². The van der Waals surface area contributed by atoms with E-state index >= 15 is 0 Å². The van der Waals surface area contributed by atoms with Crippen LogP contribution in [0.15, 0.2) is 79.0 Å². The molecule has 5 aromatic rings. The Bertz CT molecular complexity index is 1960. The Morgan fingerprint density at radius 2 is 1.25 bits per heavy atom. The Morgan fingerprint density at radius 3 is 1.79 bits per heavy atom. The molecule has 1 fully saturated rings. The Kier molecular flexibility index (Phi) is 11.4. The molecule has 0 spiro atoms. The number of nitrogens with one attached hydrogen (secondary N) is 1. The topological polar surface area (TPSA) is 95.9 Å². The molecule has 0 radical (unpaired) electrons. The molecule has 0 aliphatic carbocycles. The second-order valence-electron chi connectivity index (χ2n) is 11.1. The molecular weight excluding hydrogens is 745 g/mol. The lowest BCUT2D eigenvalue weighted by molar-refractivity contribution is -0.384. The van der Waals surface area contributed by atoms with E-state index in [1.807, 2.05) is 0 Å². The second kappa shape index (κ2) is 15.5. The van der Waals surface area contributed by atoms with Gasteiger partial charge in [-0.1, -0.05) is 87.8 Å². The second-order valence-corrected chi connectivity index (χ2v) is 13.6. The lowest BCUT2D eigenvalue weighted by Gasteiger charge is -2.25. The van der Waals surface area contributed by atoms with Gasteiger partial charge in [0, 0.05) is 64.9 Å².